The van der Waals surface area contributed by atoms with Gasteiger partial charge in [0.15, 0.2) is 6.29 Å². The SMILES string of the molecule is c1ccc2c(c1)-c1ccccc1C2COC1C[N]CCO1. The van der Waals surface area contributed by atoms with E-state index in [1.165, 1.54) is 22.3 Å². The number of nitrogens with zero attached hydrogens (tertiary/aromatic N) is 1. The first-order valence-corrected chi connectivity index (χ1v) is 7.48. The van der Waals surface area contributed by atoms with E-state index in [-0.39, 0.29) is 6.29 Å². The second-order valence-electron chi connectivity index (χ2n) is 5.49. The van der Waals surface area contributed by atoms with Crippen LogP contribution in [-0.2, 0) is 9.47 Å². The molecular formula is C18H18NO2. The molecule has 4 rings (SSSR count). The summed E-state index contributed by atoms with van der Waals surface area (Å²) in [6.07, 6.45) is -0.182. The van der Waals surface area contributed by atoms with E-state index in [1.807, 2.05) is 0 Å². The van der Waals surface area contributed by atoms with E-state index in [9.17, 15) is 0 Å². The minimum atomic E-state index is -0.182. The Labute approximate surface area is 124 Å². The van der Waals surface area contributed by atoms with Crippen molar-refractivity contribution in [2.75, 3.05) is 26.3 Å². The number of morpholine rings is 1. The molecule has 2 aromatic rings. The highest BCUT2D eigenvalue weighted by Crippen LogP contribution is 2.44. The molecular weight excluding hydrogens is 262 g/mol. The highest BCUT2D eigenvalue weighted by molar-refractivity contribution is 5.78. The Kier molecular flexibility index (Phi) is 3.47. The summed E-state index contributed by atoms with van der Waals surface area (Å²) in [6.45, 7) is 2.75. The van der Waals surface area contributed by atoms with Gasteiger partial charge < -0.3 is 9.47 Å². The van der Waals surface area contributed by atoms with Crippen molar-refractivity contribution < 1.29 is 9.47 Å². The van der Waals surface area contributed by atoms with E-state index in [1.54, 1.807) is 0 Å². The molecule has 1 unspecified atom stereocenters. The van der Waals surface area contributed by atoms with Gasteiger partial charge in [-0.1, -0.05) is 48.5 Å². The van der Waals surface area contributed by atoms with Gasteiger partial charge in [0.05, 0.1) is 19.8 Å². The van der Waals surface area contributed by atoms with Crippen LogP contribution in [0.25, 0.3) is 11.1 Å². The maximum atomic E-state index is 5.96. The summed E-state index contributed by atoms with van der Waals surface area (Å²) in [5.74, 6) is 0.294. The Balaban J connectivity index is 1.59. The van der Waals surface area contributed by atoms with Crippen LogP contribution in [0.5, 0.6) is 0 Å². The van der Waals surface area contributed by atoms with Crippen LogP contribution in [0.15, 0.2) is 48.5 Å². The molecule has 3 nitrogen and oxygen atoms in total. The molecule has 0 N–H and O–H groups in total. The number of fused-ring (bicyclic) bond motifs is 3. The predicted molar refractivity (Wildman–Crippen MR) is 81.3 cm³/mol. The lowest BCUT2D eigenvalue weighted by Gasteiger charge is -2.24. The smallest absolute Gasteiger partial charge is 0.171 e. The molecule has 1 saturated heterocycles. The molecule has 21 heavy (non-hydrogen) atoms. The number of rotatable bonds is 3. The first kappa shape index (κ1) is 13.0. The van der Waals surface area contributed by atoms with Gasteiger partial charge in [-0.3, -0.25) is 0 Å². The molecule has 2 aromatic carbocycles. The van der Waals surface area contributed by atoms with Gasteiger partial charge in [0.25, 0.3) is 0 Å². The quantitative estimate of drug-likeness (QED) is 0.866. The molecule has 0 spiro atoms. The van der Waals surface area contributed by atoms with Crippen molar-refractivity contribution in [3.63, 3.8) is 0 Å². The number of benzene rings is 2. The average Bonchev–Trinajstić information content (AvgIpc) is 2.88. The molecule has 3 heteroatoms. The van der Waals surface area contributed by atoms with Crippen molar-refractivity contribution in [1.82, 2.24) is 5.32 Å². The van der Waals surface area contributed by atoms with E-state index < -0.39 is 0 Å². The zero-order valence-electron chi connectivity index (χ0n) is 11.9. The van der Waals surface area contributed by atoms with Gasteiger partial charge in [-0.05, 0) is 22.3 Å². The fourth-order valence-corrected chi connectivity index (χ4v) is 3.24. The van der Waals surface area contributed by atoms with Crippen molar-refractivity contribution in [2.24, 2.45) is 0 Å². The van der Waals surface area contributed by atoms with Crippen LogP contribution in [0, 0.1) is 0 Å². The molecule has 1 atom stereocenters. The largest absolute Gasteiger partial charge is 0.350 e. The first-order valence-electron chi connectivity index (χ1n) is 7.48. The lowest BCUT2D eigenvalue weighted by atomic mass is 9.98. The predicted octanol–water partition coefficient (Wildman–Crippen LogP) is 2.78. The Morgan fingerprint density at radius 3 is 2.29 bits per heavy atom. The fraction of sp³-hybridized carbons (Fsp3) is 0.333. The van der Waals surface area contributed by atoms with E-state index in [2.05, 4.69) is 53.8 Å². The summed E-state index contributed by atoms with van der Waals surface area (Å²) in [4.78, 5) is 0. The molecule has 0 saturated carbocycles. The standard InChI is InChI=1S/C18H18NO2/c1-3-7-15-13(5-1)14-6-2-4-8-16(14)17(15)12-21-18-11-19-9-10-20-18/h1-8,17-18H,9-12H2. The fourth-order valence-electron chi connectivity index (χ4n) is 3.24. The van der Waals surface area contributed by atoms with Crippen LogP contribution in [0.3, 0.4) is 0 Å². The van der Waals surface area contributed by atoms with Gasteiger partial charge in [0, 0.05) is 12.5 Å². The summed E-state index contributed by atoms with van der Waals surface area (Å²) in [6, 6.07) is 17.2. The summed E-state index contributed by atoms with van der Waals surface area (Å²) in [5, 5.41) is 4.34. The van der Waals surface area contributed by atoms with Crippen molar-refractivity contribution in [1.29, 1.82) is 0 Å². The van der Waals surface area contributed by atoms with Gasteiger partial charge in [0.1, 0.15) is 0 Å². The molecule has 1 radical (unpaired) electrons. The molecule has 1 aliphatic heterocycles. The van der Waals surface area contributed by atoms with Crippen molar-refractivity contribution >= 4 is 0 Å². The monoisotopic (exact) mass is 280 g/mol. The topological polar surface area (TPSA) is 32.6 Å². The van der Waals surface area contributed by atoms with Crippen molar-refractivity contribution in [3.8, 4) is 11.1 Å². The summed E-state index contributed by atoms with van der Waals surface area (Å²) >= 11 is 0. The Bertz CT molecular complexity index is 589. The van der Waals surface area contributed by atoms with E-state index in [4.69, 9.17) is 9.47 Å². The van der Waals surface area contributed by atoms with Crippen LogP contribution in [-0.4, -0.2) is 32.6 Å². The van der Waals surface area contributed by atoms with Crippen molar-refractivity contribution in [3.05, 3.63) is 59.7 Å². The zero-order valence-corrected chi connectivity index (χ0v) is 11.9. The molecule has 0 amide bonds. The summed E-state index contributed by atoms with van der Waals surface area (Å²) in [7, 11) is 0. The summed E-state index contributed by atoms with van der Waals surface area (Å²) < 4.78 is 11.6. The number of hydrogen-bond donors (Lipinski definition) is 0. The minimum absolute atomic E-state index is 0.182. The Hall–Kier alpha value is -1.68. The van der Waals surface area contributed by atoms with E-state index in [0.717, 1.165) is 6.54 Å². The minimum Gasteiger partial charge on any atom is -0.350 e. The lowest BCUT2D eigenvalue weighted by Crippen LogP contribution is -2.36. The third kappa shape index (κ3) is 2.38. The third-order valence-corrected chi connectivity index (χ3v) is 4.24. The first-order chi connectivity index (χ1) is 10.4. The van der Waals surface area contributed by atoms with Gasteiger partial charge in [-0.25, -0.2) is 5.32 Å². The van der Waals surface area contributed by atoms with Gasteiger partial charge in [0.2, 0.25) is 0 Å². The van der Waals surface area contributed by atoms with Crippen LogP contribution < -0.4 is 5.32 Å². The van der Waals surface area contributed by atoms with Gasteiger partial charge in [-0.2, -0.15) is 0 Å². The Morgan fingerprint density at radius 1 is 1.00 bits per heavy atom. The number of ether oxygens (including phenoxy) is 2. The van der Waals surface area contributed by atoms with E-state index >= 15 is 0 Å². The van der Waals surface area contributed by atoms with Crippen molar-refractivity contribution in [2.45, 2.75) is 12.2 Å². The second-order valence-corrected chi connectivity index (χ2v) is 5.49. The molecule has 0 bridgehead atoms. The molecule has 1 aliphatic carbocycles. The van der Waals surface area contributed by atoms with Crippen LogP contribution in [0.4, 0.5) is 0 Å². The molecule has 2 aliphatic rings. The highest BCUT2D eigenvalue weighted by Gasteiger charge is 2.29. The number of hydrogen-bond acceptors (Lipinski definition) is 2. The zero-order chi connectivity index (χ0) is 14.1. The van der Waals surface area contributed by atoms with Gasteiger partial charge >= 0.3 is 0 Å². The lowest BCUT2D eigenvalue weighted by molar-refractivity contribution is -0.155. The molecule has 107 valence electrons. The third-order valence-electron chi connectivity index (χ3n) is 4.24. The maximum Gasteiger partial charge on any atom is 0.171 e. The molecule has 1 fully saturated rings. The van der Waals surface area contributed by atoms with Gasteiger partial charge in [-0.15, -0.1) is 0 Å². The van der Waals surface area contributed by atoms with Crippen LogP contribution >= 0.6 is 0 Å². The molecule has 0 aromatic heterocycles. The second kappa shape index (κ2) is 5.60. The summed E-state index contributed by atoms with van der Waals surface area (Å²) in [5.41, 5.74) is 5.37. The highest BCUT2D eigenvalue weighted by atomic mass is 16.7. The average molecular weight is 280 g/mol. The normalized spacial score (nSPS) is 21.0. The van der Waals surface area contributed by atoms with Crippen LogP contribution in [0.1, 0.15) is 17.0 Å². The Morgan fingerprint density at radius 2 is 1.67 bits per heavy atom. The van der Waals surface area contributed by atoms with E-state index in [0.29, 0.717) is 25.7 Å². The molecule has 1 heterocycles. The van der Waals surface area contributed by atoms with Crippen LogP contribution in [0.2, 0.25) is 0 Å². The maximum absolute atomic E-state index is 5.96.